The number of methoxy groups -OCH3 is 1. The Hall–Kier alpha value is -1.99. The third kappa shape index (κ3) is 5.24. The molecule has 0 radical (unpaired) electrons. The van der Waals surface area contributed by atoms with Crippen molar-refractivity contribution < 1.29 is 23.9 Å². The van der Waals surface area contributed by atoms with Gasteiger partial charge >= 0.3 is 18.1 Å². The first-order valence-electron chi connectivity index (χ1n) is 8.81. The van der Waals surface area contributed by atoms with E-state index in [-0.39, 0.29) is 24.0 Å². The summed E-state index contributed by atoms with van der Waals surface area (Å²) >= 11 is 0. The van der Waals surface area contributed by atoms with Gasteiger partial charge in [-0.3, -0.25) is 4.79 Å². The summed E-state index contributed by atoms with van der Waals surface area (Å²) in [6, 6.07) is -0.0718. The highest BCUT2D eigenvalue weighted by molar-refractivity contribution is 5.78. The van der Waals surface area contributed by atoms with Crippen molar-refractivity contribution in [3.05, 3.63) is 0 Å². The molecule has 0 unspecified atom stereocenters. The highest BCUT2D eigenvalue weighted by Crippen LogP contribution is 2.20. The second-order valence-electron chi connectivity index (χ2n) is 7.55. The lowest BCUT2D eigenvalue weighted by Crippen LogP contribution is -2.56. The number of likely N-dealkylation sites (tertiary alicyclic amines) is 1. The number of rotatable bonds is 1. The predicted molar refractivity (Wildman–Crippen MR) is 91.1 cm³/mol. The van der Waals surface area contributed by atoms with Crippen LogP contribution in [0.4, 0.5) is 9.59 Å². The molecule has 0 spiro atoms. The van der Waals surface area contributed by atoms with Crippen LogP contribution in [0.25, 0.3) is 0 Å². The molecule has 25 heavy (non-hydrogen) atoms. The van der Waals surface area contributed by atoms with Gasteiger partial charge in [-0.25, -0.2) is 9.59 Å². The fourth-order valence-corrected chi connectivity index (χ4v) is 3.12. The Morgan fingerprint density at radius 1 is 0.920 bits per heavy atom. The van der Waals surface area contributed by atoms with Crippen LogP contribution in [-0.2, 0) is 14.3 Å². The zero-order valence-electron chi connectivity index (χ0n) is 15.6. The summed E-state index contributed by atoms with van der Waals surface area (Å²) in [5.41, 5.74) is -0.527. The van der Waals surface area contributed by atoms with Gasteiger partial charge in [-0.15, -0.1) is 0 Å². The second-order valence-corrected chi connectivity index (χ2v) is 7.55. The highest BCUT2D eigenvalue weighted by atomic mass is 16.6. The van der Waals surface area contributed by atoms with E-state index >= 15 is 0 Å². The quantitative estimate of drug-likeness (QED) is 0.667. The number of nitrogens with zero attached hydrogens (tertiary/aromatic N) is 3. The van der Waals surface area contributed by atoms with Crippen molar-refractivity contribution in [3.63, 3.8) is 0 Å². The predicted octanol–water partition coefficient (Wildman–Crippen LogP) is 1.54. The van der Waals surface area contributed by atoms with Crippen LogP contribution in [0.15, 0.2) is 0 Å². The first-order chi connectivity index (χ1) is 11.7. The molecule has 0 bridgehead atoms. The fraction of sp³-hybridized carbons (Fsp3) is 0.824. The van der Waals surface area contributed by atoms with Crippen molar-refractivity contribution in [2.75, 3.05) is 46.4 Å². The number of piperazine rings is 1. The maximum atomic E-state index is 12.7. The Morgan fingerprint density at radius 2 is 1.52 bits per heavy atom. The number of ether oxygens (including phenoxy) is 2. The summed E-state index contributed by atoms with van der Waals surface area (Å²) in [5, 5.41) is 0. The largest absolute Gasteiger partial charge is 0.469 e. The topological polar surface area (TPSA) is 79.4 Å². The Balaban J connectivity index is 1.84. The molecule has 2 heterocycles. The van der Waals surface area contributed by atoms with E-state index in [1.807, 2.05) is 20.8 Å². The monoisotopic (exact) mass is 355 g/mol. The number of carbonyl (C=O) groups is 3. The van der Waals surface area contributed by atoms with E-state index in [1.165, 1.54) is 7.11 Å². The van der Waals surface area contributed by atoms with Gasteiger partial charge in [0.15, 0.2) is 0 Å². The van der Waals surface area contributed by atoms with E-state index in [0.717, 1.165) is 12.8 Å². The average Bonchev–Trinajstić information content (AvgIpc) is 2.59. The SMILES string of the molecule is COC(=O)[C@@H]1CCCN(C(=O)N2CCN(C(=O)OC(C)(C)C)CC2)C1. The standard InChI is InChI=1S/C17H29N3O5/c1-17(2,3)25-16(23)19-10-8-18(9-11-19)15(22)20-7-5-6-13(12-20)14(21)24-4/h13H,5-12H2,1-4H3/t13-/m1/s1. The normalized spacial score (nSPS) is 21.8. The van der Waals surface area contributed by atoms with Crippen molar-refractivity contribution in [1.82, 2.24) is 14.7 Å². The van der Waals surface area contributed by atoms with Crippen LogP contribution in [0.5, 0.6) is 0 Å². The minimum absolute atomic E-state index is 0.0718. The van der Waals surface area contributed by atoms with Crippen LogP contribution in [0.3, 0.4) is 0 Å². The third-order valence-corrected chi connectivity index (χ3v) is 4.43. The summed E-state index contributed by atoms with van der Waals surface area (Å²) in [6.07, 6.45) is 1.20. The molecule has 1 atom stereocenters. The lowest BCUT2D eigenvalue weighted by atomic mass is 9.98. The van der Waals surface area contributed by atoms with Gasteiger partial charge in [0.25, 0.3) is 0 Å². The zero-order valence-corrected chi connectivity index (χ0v) is 15.6. The molecule has 0 aromatic rings. The van der Waals surface area contributed by atoms with E-state index in [2.05, 4.69) is 0 Å². The van der Waals surface area contributed by atoms with Crippen molar-refractivity contribution >= 4 is 18.1 Å². The molecule has 2 aliphatic heterocycles. The van der Waals surface area contributed by atoms with Crippen LogP contribution in [-0.4, -0.2) is 84.8 Å². The van der Waals surface area contributed by atoms with Gasteiger partial charge in [0.05, 0.1) is 13.0 Å². The highest BCUT2D eigenvalue weighted by Gasteiger charge is 2.33. The average molecular weight is 355 g/mol. The number of hydrogen-bond donors (Lipinski definition) is 0. The smallest absolute Gasteiger partial charge is 0.410 e. The lowest BCUT2D eigenvalue weighted by molar-refractivity contribution is -0.146. The molecule has 2 saturated heterocycles. The fourth-order valence-electron chi connectivity index (χ4n) is 3.12. The van der Waals surface area contributed by atoms with Crippen LogP contribution in [0, 0.1) is 5.92 Å². The molecule has 8 nitrogen and oxygen atoms in total. The maximum absolute atomic E-state index is 12.7. The third-order valence-electron chi connectivity index (χ3n) is 4.43. The summed E-state index contributed by atoms with van der Waals surface area (Å²) in [5.74, 6) is -0.502. The van der Waals surface area contributed by atoms with Crippen LogP contribution in [0.2, 0.25) is 0 Å². The van der Waals surface area contributed by atoms with Gasteiger partial charge < -0.3 is 24.2 Å². The van der Waals surface area contributed by atoms with Crippen molar-refractivity contribution in [2.45, 2.75) is 39.2 Å². The van der Waals surface area contributed by atoms with Crippen molar-refractivity contribution in [3.8, 4) is 0 Å². The maximum Gasteiger partial charge on any atom is 0.410 e. The minimum Gasteiger partial charge on any atom is -0.469 e. The summed E-state index contributed by atoms with van der Waals surface area (Å²) in [4.78, 5) is 41.6. The Bertz CT molecular complexity index is 509. The molecular formula is C17H29N3O5. The van der Waals surface area contributed by atoms with E-state index in [1.54, 1.807) is 14.7 Å². The summed E-state index contributed by atoms with van der Waals surface area (Å²) in [7, 11) is 1.37. The Morgan fingerprint density at radius 3 is 2.08 bits per heavy atom. The molecule has 2 rings (SSSR count). The Labute approximate surface area is 149 Å². The number of amides is 3. The van der Waals surface area contributed by atoms with E-state index in [0.29, 0.717) is 39.3 Å². The second kappa shape index (κ2) is 7.93. The first-order valence-corrected chi connectivity index (χ1v) is 8.81. The van der Waals surface area contributed by atoms with Gasteiger partial charge in [-0.05, 0) is 33.6 Å². The number of urea groups is 1. The van der Waals surface area contributed by atoms with Crippen molar-refractivity contribution in [2.24, 2.45) is 5.92 Å². The molecular weight excluding hydrogens is 326 g/mol. The molecule has 3 amide bonds. The molecule has 0 N–H and O–H groups in total. The molecule has 8 heteroatoms. The number of hydrogen-bond acceptors (Lipinski definition) is 5. The van der Waals surface area contributed by atoms with Gasteiger partial charge in [-0.1, -0.05) is 0 Å². The van der Waals surface area contributed by atoms with Crippen LogP contribution in [0.1, 0.15) is 33.6 Å². The number of esters is 1. The minimum atomic E-state index is -0.527. The summed E-state index contributed by atoms with van der Waals surface area (Å²) < 4.78 is 10.2. The van der Waals surface area contributed by atoms with Crippen LogP contribution >= 0.6 is 0 Å². The number of carbonyl (C=O) groups excluding carboxylic acids is 3. The van der Waals surface area contributed by atoms with Gasteiger partial charge in [-0.2, -0.15) is 0 Å². The van der Waals surface area contributed by atoms with Crippen LogP contribution < -0.4 is 0 Å². The lowest BCUT2D eigenvalue weighted by Gasteiger charge is -2.39. The molecule has 0 saturated carbocycles. The molecule has 142 valence electrons. The molecule has 2 fully saturated rings. The molecule has 2 aliphatic rings. The van der Waals surface area contributed by atoms with Gasteiger partial charge in [0.2, 0.25) is 0 Å². The Kier molecular flexibility index (Phi) is 6.13. The molecule has 0 aromatic heterocycles. The van der Waals surface area contributed by atoms with E-state index in [4.69, 9.17) is 9.47 Å². The molecule has 0 aliphatic carbocycles. The van der Waals surface area contributed by atoms with E-state index < -0.39 is 5.60 Å². The number of piperidine rings is 1. The summed E-state index contributed by atoms with van der Waals surface area (Å²) in [6.45, 7) is 8.39. The van der Waals surface area contributed by atoms with Gasteiger partial charge in [0.1, 0.15) is 5.60 Å². The van der Waals surface area contributed by atoms with Gasteiger partial charge in [0, 0.05) is 39.3 Å². The molecule has 0 aromatic carbocycles. The zero-order chi connectivity index (χ0) is 18.6. The van der Waals surface area contributed by atoms with Crippen molar-refractivity contribution in [1.29, 1.82) is 0 Å². The first kappa shape index (κ1) is 19.3. The van der Waals surface area contributed by atoms with E-state index in [9.17, 15) is 14.4 Å².